The van der Waals surface area contributed by atoms with Crippen LogP contribution in [-0.4, -0.2) is 19.7 Å². The van der Waals surface area contributed by atoms with E-state index in [1.807, 2.05) is 54.6 Å². The largest absolute Gasteiger partial charge is 0.284 e. The summed E-state index contributed by atoms with van der Waals surface area (Å²) in [6, 6.07) is 25.1. The summed E-state index contributed by atoms with van der Waals surface area (Å²) in [4.78, 5) is 18.6. The van der Waals surface area contributed by atoms with Gasteiger partial charge in [-0.3, -0.25) is 14.5 Å². The summed E-state index contributed by atoms with van der Waals surface area (Å²) >= 11 is 6.09. The van der Waals surface area contributed by atoms with Gasteiger partial charge in [0.1, 0.15) is 17.0 Å². The molecule has 0 aliphatic heterocycles. The van der Waals surface area contributed by atoms with Gasteiger partial charge in [0.05, 0.1) is 5.69 Å². The van der Waals surface area contributed by atoms with Crippen molar-refractivity contribution in [2.24, 2.45) is 0 Å². The molecular weight excluding hydrogens is 420 g/mol. The molecule has 0 aliphatic carbocycles. The number of fused-ring (bicyclic) bond motifs is 1. The predicted molar refractivity (Wildman–Crippen MR) is 129 cm³/mol. The number of hydrogen-bond donors (Lipinski definition) is 1. The van der Waals surface area contributed by atoms with Crippen molar-refractivity contribution in [3.63, 3.8) is 0 Å². The van der Waals surface area contributed by atoms with Crippen molar-refractivity contribution in [1.82, 2.24) is 19.7 Å². The first-order valence-electron chi connectivity index (χ1n) is 10.5. The van der Waals surface area contributed by atoms with Gasteiger partial charge in [-0.25, -0.2) is 4.98 Å². The molecule has 0 fully saturated rings. The lowest BCUT2D eigenvalue weighted by Crippen LogP contribution is -2.22. The van der Waals surface area contributed by atoms with E-state index in [2.05, 4.69) is 36.2 Å². The highest BCUT2D eigenvalue weighted by Gasteiger charge is 2.19. The Morgan fingerprint density at radius 3 is 2.22 bits per heavy atom. The Labute approximate surface area is 190 Å². The average molecular weight is 441 g/mol. The van der Waals surface area contributed by atoms with E-state index in [1.54, 1.807) is 16.7 Å². The molecule has 5 nitrogen and oxygen atoms in total. The summed E-state index contributed by atoms with van der Waals surface area (Å²) in [5, 5.41) is 7.94. The third kappa shape index (κ3) is 3.51. The number of halogens is 1. The van der Waals surface area contributed by atoms with Crippen LogP contribution in [0, 0.1) is 0 Å². The summed E-state index contributed by atoms with van der Waals surface area (Å²) in [7, 11) is 0. The minimum absolute atomic E-state index is 0.213. The van der Waals surface area contributed by atoms with Gasteiger partial charge in [-0.1, -0.05) is 80.0 Å². The zero-order valence-electron chi connectivity index (χ0n) is 17.7. The Morgan fingerprint density at radius 1 is 0.875 bits per heavy atom. The summed E-state index contributed by atoms with van der Waals surface area (Å²) in [5.74, 6) is 0.968. The second-order valence-corrected chi connectivity index (χ2v) is 8.43. The van der Waals surface area contributed by atoms with E-state index in [0.29, 0.717) is 39.2 Å². The smallest absolute Gasteiger partial charge is 0.270 e. The maximum Gasteiger partial charge on any atom is 0.284 e. The molecule has 0 atom stereocenters. The number of hydrogen-bond acceptors (Lipinski definition) is 3. The fourth-order valence-corrected chi connectivity index (χ4v) is 3.92. The first kappa shape index (κ1) is 20.2. The van der Waals surface area contributed by atoms with Gasteiger partial charge < -0.3 is 0 Å². The molecule has 32 heavy (non-hydrogen) atoms. The highest BCUT2D eigenvalue weighted by molar-refractivity contribution is 6.30. The Hall–Kier alpha value is -3.70. The number of H-pyrrole nitrogens is 1. The molecule has 0 bridgehead atoms. The standard InChI is InChI=1S/C26H21ClN4O/c1-16(2)17-8-10-19(11-9-17)25-28-23-22(18-6-4-3-5-7-18)29-30-24(23)26(32)31(25)21-14-12-20(27)13-15-21/h3-16H,1-2H3,(H,29,30). The zero-order chi connectivity index (χ0) is 22.2. The number of nitrogens with zero attached hydrogens (tertiary/aromatic N) is 3. The molecule has 0 aliphatic rings. The van der Waals surface area contributed by atoms with Gasteiger partial charge in [0.15, 0.2) is 5.52 Å². The molecule has 5 aromatic rings. The van der Waals surface area contributed by atoms with Crippen LogP contribution in [0.25, 0.3) is 39.4 Å². The topological polar surface area (TPSA) is 63.6 Å². The molecule has 2 aromatic heterocycles. The molecule has 3 aromatic carbocycles. The minimum atomic E-state index is -0.213. The van der Waals surface area contributed by atoms with E-state index in [9.17, 15) is 4.79 Å². The van der Waals surface area contributed by atoms with E-state index < -0.39 is 0 Å². The SMILES string of the molecule is CC(C)c1ccc(-c2nc3c(-c4ccccc4)n[nH]c3c(=O)n2-c2ccc(Cl)cc2)cc1. The van der Waals surface area contributed by atoms with Crippen LogP contribution < -0.4 is 5.56 Å². The van der Waals surface area contributed by atoms with Crippen molar-refractivity contribution in [2.45, 2.75) is 19.8 Å². The van der Waals surface area contributed by atoms with Gasteiger partial charge in [0, 0.05) is 16.1 Å². The van der Waals surface area contributed by atoms with Crippen molar-refractivity contribution in [1.29, 1.82) is 0 Å². The third-order valence-corrected chi connectivity index (χ3v) is 5.81. The average Bonchev–Trinajstić information content (AvgIpc) is 3.25. The van der Waals surface area contributed by atoms with Crippen LogP contribution in [-0.2, 0) is 0 Å². The number of benzene rings is 3. The Bertz CT molecular complexity index is 1450. The second-order valence-electron chi connectivity index (χ2n) is 7.99. The highest BCUT2D eigenvalue weighted by atomic mass is 35.5. The van der Waals surface area contributed by atoms with Crippen LogP contribution in [0.15, 0.2) is 83.7 Å². The van der Waals surface area contributed by atoms with Gasteiger partial charge in [0.2, 0.25) is 0 Å². The molecule has 5 rings (SSSR count). The Morgan fingerprint density at radius 2 is 1.56 bits per heavy atom. The summed E-state index contributed by atoms with van der Waals surface area (Å²) in [6.45, 7) is 4.31. The predicted octanol–water partition coefficient (Wildman–Crippen LogP) is 6.22. The van der Waals surface area contributed by atoms with Crippen molar-refractivity contribution in [3.8, 4) is 28.3 Å². The van der Waals surface area contributed by atoms with Crippen molar-refractivity contribution in [2.75, 3.05) is 0 Å². The van der Waals surface area contributed by atoms with Crippen molar-refractivity contribution < 1.29 is 0 Å². The monoisotopic (exact) mass is 440 g/mol. The lowest BCUT2D eigenvalue weighted by atomic mass is 10.0. The quantitative estimate of drug-likeness (QED) is 0.361. The van der Waals surface area contributed by atoms with Crippen molar-refractivity contribution >= 4 is 22.6 Å². The summed E-state index contributed by atoms with van der Waals surface area (Å²) < 4.78 is 1.61. The van der Waals surface area contributed by atoms with E-state index in [-0.39, 0.29) is 5.56 Å². The molecule has 1 N–H and O–H groups in total. The third-order valence-electron chi connectivity index (χ3n) is 5.55. The molecule has 0 spiro atoms. The van der Waals surface area contributed by atoms with Gasteiger partial charge in [-0.2, -0.15) is 5.10 Å². The molecular formula is C26H21ClN4O. The molecule has 6 heteroatoms. The molecule has 158 valence electrons. The maximum atomic E-state index is 13.6. The second kappa shape index (κ2) is 8.09. The molecule has 0 saturated carbocycles. The maximum absolute atomic E-state index is 13.6. The van der Waals surface area contributed by atoms with Crippen LogP contribution >= 0.6 is 11.6 Å². The normalized spacial score (nSPS) is 11.4. The van der Waals surface area contributed by atoms with E-state index in [0.717, 1.165) is 11.1 Å². The Balaban J connectivity index is 1.81. The van der Waals surface area contributed by atoms with Gasteiger partial charge in [-0.15, -0.1) is 0 Å². The first-order valence-corrected chi connectivity index (χ1v) is 10.8. The van der Waals surface area contributed by atoms with Gasteiger partial charge in [-0.05, 0) is 35.7 Å². The van der Waals surface area contributed by atoms with E-state index in [1.165, 1.54) is 5.56 Å². The first-order chi connectivity index (χ1) is 15.5. The van der Waals surface area contributed by atoms with Crippen LogP contribution in [0.3, 0.4) is 0 Å². The highest BCUT2D eigenvalue weighted by Crippen LogP contribution is 2.28. The number of aromatic amines is 1. The lowest BCUT2D eigenvalue weighted by molar-refractivity contribution is 0.866. The molecule has 2 heterocycles. The van der Waals surface area contributed by atoms with Crippen LogP contribution in [0.5, 0.6) is 0 Å². The van der Waals surface area contributed by atoms with Gasteiger partial charge >= 0.3 is 0 Å². The number of rotatable bonds is 4. The van der Waals surface area contributed by atoms with Crippen LogP contribution in [0.1, 0.15) is 25.3 Å². The fourth-order valence-electron chi connectivity index (χ4n) is 3.80. The van der Waals surface area contributed by atoms with Gasteiger partial charge in [0.25, 0.3) is 5.56 Å². The van der Waals surface area contributed by atoms with Crippen molar-refractivity contribution in [3.05, 3.63) is 99.8 Å². The summed E-state index contributed by atoms with van der Waals surface area (Å²) in [6.07, 6.45) is 0. The molecule has 0 amide bonds. The van der Waals surface area contributed by atoms with E-state index in [4.69, 9.17) is 16.6 Å². The van der Waals surface area contributed by atoms with Crippen LogP contribution in [0.2, 0.25) is 5.02 Å². The molecule has 0 saturated heterocycles. The summed E-state index contributed by atoms with van der Waals surface area (Å²) in [5.41, 5.74) is 5.02. The van der Waals surface area contributed by atoms with E-state index >= 15 is 0 Å². The number of nitrogens with one attached hydrogen (secondary N) is 1. The zero-order valence-corrected chi connectivity index (χ0v) is 18.5. The fraction of sp³-hybridized carbons (Fsp3) is 0.115. The number of aromatic nitrogens is 4. The Kier molecular flexibility index (Phi) is 5.11. The minimum Gasteiger partial charge on any atom is -0.270 e. The van der Waals surface area contributed by atoms with Crippen LogP contribution in [0.4, 0.5) is 0 Å². The lowest BCUT2D eigenvalue weighted by Gasteiger charge is -2.14. The molecule has 0 unspecified atom stereocenters. The molecule has 0 radical (unpaired) electrons.